The largest absolute Gasteiger partial charge is 0.326 e. The van der Waals surface area contributed by atoms with Crippen LogP contribution in [0, 0.1) is 13.8 Å². The molecular weight excluding hydrogens is 470 g/mol. The predicted molar refractivity (Wildman–Crippen MR) is 135 cm³/mol. The summed E-state index contributed by atoms with van der Waals surface area (Å²) in [5.74, 6) is -0.533. The molecule has 1 saturated heterocycles. The van der Waals surface area contributed by atoms with Gasteiger partial charge in [-0.1, -0.05) is 66.4 Å². The average molecular weight is 500 g/mol. The number of rotatable bonds is 6. The van der Waals surface area contributed by atoms with Crippen molar-refractivity contribution in [1.82, 2.24) is 4.90 Å². The SMILES string of the molecule is Cc1ccc(NC(=O)C[C@H]2SC(=NS(=O)(=O)c3ccc(C)cc3)N(C3CCCCC3)C2=O)cc1. The number of nitrogens with zero attached hydrogens (tertiary/aromatic N) is 2. The van der Waals surface area contributed by atoms with Crippen molar-refractivity contribution >= 4 is 44.5 Å². The number of hydrogen-bond acceptors (Lipinski definition) is 5. The fourth-order valence-corrected chi connectivity index (χ4v) is 6.64. The summed E-state index contributed by atoms with van der Waals surface area (Å²) in [5, 5.41) is 2.29. The zero-order valence-electron chi connectivity index (χ0n) is 19.4. The van der Waals surface area contributed by atoms with E-state index in [1.165, 1.54) is 12.1 Å². The van der Waals surface area contributed by atoms with E-state index in [0.29, 0.717) is 5.69 Å². The van der Waals surface area contributed by atoms with E-state index in [4.69, 9.17) is 0 Å². The van der Waals surface area contributed by atoms with E-state index in [-0.39, 0.29) is 34.3 Å². The smallest absolute Gasteiger partial charge is 0.284 e. The van der Waals surface area contributed by atoms with E-state index in [0.717, 1.165) is 55.0 Å². The minimum absolute atomic E-state index is 0.0514. The first kappa shape index (κ1) is 24.5. The highest BCUT2D eigenvalue weighted by molar-refractivity contribution is 8.16. The molecule has 7 nitrogen and oxygen atoms in total. The molecule has 0 aromatic heterocycles. The molecule has 2 aromatic carbocycles. The molecule has 2 amide bonds. The van der Waals surface area contributed by atoms with E-state index in [1.54, 1.807) is 17.0 Å². The Balaban J connectivity index is 1.57. The van der Waals surface area contributed by atoms with Crippen molar-refractivity contribution in [3.05, 3.63) is 59.7 Å². The van der Waals surface area contributed by atoms with Gasteiger partial charge in [0.2, 0.25) is 11.8 Å². The molecule has 0 radical (unpaired) electrons. The summed E-state index contributed by atoms with van der Waals surface area (Å²) >= 11 is 1.07. The van der Waals surface area contributed by atoms with Crippen LogP contribution in [0.2, 0.25) is 0 Å². The van der Waals surface area contributed by atoms with E-state index in [9.17, 15) is 18.0 Å². The number of nitrogens with one attached hydrogen (secondary N) is 1. The lowest BCUT2D eigenvalue weighted by atomic mass is 9.94. The second-order valence-corrected chi connectivity index (χ2v) is 11.7. The molecule has 2 aliphatic rings. The second kappa shape index (κ2) is 10.3. The number of sulfonamides is 1. The maximum absolute atomic E-state index is 13.4. The number of aryl methyl sites for hydroxylation is 2. The lowest BCUT2D eigenvalue weighted by molar-refractivity contribution is -0.130. The molecule has 0 bridgehead atoms. The molecule has 0 spiro atoms. The minimum atomic E-state index is -3.99. The van der Waals surface area contributed by atoms with Crippen LogP contribution < -0.4 is 5.32 Å². The Kier molecular flexibility index (Phi) is 7.42. The zero-order valence-corrected chi connectivity index (χ0v) is 21.0. The van der Waals surface area contributed by atoms with Gasteiger partial charge in [0.1, 0.15) is 5.25 Å². The normalized spacial score (nSPS) is 20.6. The molecule has 34 heavy (non-hydrogen) atoms. The summed E-state index contributed by atoms with van der Waals surface area (Å²) in [5.41, 5.74) is 2.69. The monoisotopic (exact) mass is 499 g/mol. The van der Waals surface area contributed by atoms with Crippen LogP contribution in [0.25, 0.3) is 0 Å². The Hall–Kier alpha value is -2.65. The van der Waals surface area contributed by atoms with Crippen LogP contribution in [0.1, 0.15) is 49.7 Å². The number of carbonyl (C=O) groups is 2. The van der Waals surface area contributed by atoms with Crippen molar-refractivity contribution in [3.8, 4) is 0 Å². The first-order chi connectivity index (χ1) is 16.2. The summed E-state index contributed by atoms with van der Waals surface area (Å²) in [4.78, 5) is 27.7. The van der Waals surface area contributed by atoms with Gasteiger partial charge in [-0.15, -0.1) is 4.40 Å². The highest BCUT2D eigenvalue weighted by atomic mass is 32.2. The molecule has 1 aliphatic carbocycles. The van der Waals surface area contributed by atoms with Gasteiger partial charge in [-0.05, 0) is 51.0 Å². The van der Waals surface area contributed by atoms with Gasteiger partial charge in [-0.25, -0.2) is 0 Å². The molecule has 180 valence electrons. The van der Waals surface area contributed by atoms with Crippen molar-refractivity contribution in [3.63, 3.8) is 0 Å². The Morgan fingerprint density at radius 3 is 2.21 bits per heavy atom. The fraction of sp³-hybridized carbons (Fsp3) is 0.400. The third-order valence-electron chi connectivity index (χ3n) is 6.13. The quantitative estimate of drug-likeness (QED) is 0.624. The highest BCUT2D eigenvalue weighted by Crippen LogP contribution is 2.36. The number of carbonyl (C=O) groups excluding carboxylic acids is 2. The summed E-state index contributed by atoms with van der Waals surface area (Å²) in [6.07, 6.45) is 4.62. The number of amides is 2. The van der Waals surface area contributed by atoms with Gasteiger partial charge in [0, 0.05) is 18.2 Å². The third-order valence-corrected chi connectivity index (χ3v) is 8.68. The van der Waals surface area contributed by atoms with Crippen LogP contribution in [-0.4, -0.2) is 41.6 Å². The van der Waals surface area contributed by atoms with Crippen LogP contribution in [0.4, 0.5) is 5.69 Å². The number of thioether (sulfide) groups is 1. The number of amidine groups is 1. The third kappa shape index (κ3) is 5.70. The lowest BCUT2D eigenvalue weighted by Gasteiger charge is -2.30. The summed E-state index contributed by atoms with van der Waals surface area (Å²) in [6.45, 7) is 3.84. The average Bonchev–Trinajstić information content (AvgIpc) is 3.10. The van der Waals surface area contributed by atoms with Crippen LogP contribution in [0.3, 0.4) is 0 Å². The number of hydrogen-bond donors (Lipinski definition) is 1. The Bertz CT molecular complexity index is 1190. The maximum Gasteiger partial charge on any atom is 0.284 e. The van der Waals surface area contributed by atoms with Crippen LogP contribution in [-0.2, 0) is 19.6 Å². The molecule has 1 N–H and O–H groups in total. The zero-order chi connectivity index (χ0) is 24.3. The van der Waals surface area contributed by atoms with E-state index < -0.39 is 15.3 Å². The fourth-order valence-electron chi connectivity index (χ4n) is 4.24. The topological polar surface area (TPSA) is 95.9 Å². The molecular formula is C25H29N3O4S2. The van der Waals surface area contributed by atoms with Crippen molar-refractivity contribution in [2.45, 2.75) is 68.6 Å². The molecule has 1 heterocycles. The molecule has 1 saturated carbocycles. The first-order valence-corrected chi connectivity index (χ1v) is 13.8. The molecule has 1 atom stereocenters. The highest BCUT2D eigenvalue weighted by Gasteiger charge is 2.43. The van der Waals surface area contributed by atoms with Crippen LogP contribution in [0.15, 0.2) is 57.8 Å². The van der Waals surface area contributed by atoms with Gasteiger partial charge in [-0.3, -0.25) is 14.5 Å². The van der Waals surface area contributed by atoms with Gasteiger partial charge in [-0.2, -0.15) is 8.42 Å². The Morgan fingerprint density at radius 1 is 1.00 bits per heavy atom. The molecule has 1 aliphatic heterocycles. The summed E-state index contributed by atoms with van der Waals surface area (Å²) < 4.78 is 30.1. The predicted octanol–water partition coefficient (Wildman–Crippen LogP) is 4.65. The van der Waals surface area contributed by atoms with Gasteiger partial charge in [0.05, 0.1) is 4.90 Å². The van der Waals surface area contributed by atoms with E-state index >= 15 is 0 Å². The first-order valence-electron chi connectivity index (χ1n) is 11.5. The standard InChI is InChI=1S/C25H29N3O4S2/c1-17-8-12-19(13-9-17)26-23(29)16-22-24(30)28(20-6-4-3-5-7-20)25(33-22)27-34(31,32)21-14-10-18(2)11-15-21/h8-15,20,22H,3-7,16H2,1-2H3,(H,26,29)/t22-/m1/s1. The Labute approximate surface area is 205 Å². The van der Waals surface area contributed by atoms with Crippen molar-refractivity contribution in [1.29, 1.82) is 0 Å². The van der Waals surface area contributed by atoms with Gasteiger partial charge >= 0.3 is 0 Å². The molecule has 2 fully saturated rings. The van der Waals surface area contributed by atoms with Gasteiger partial charge in [0.25, 0.3) is 10.0 Å². The van der Waals surface area contributed by atoms with Gasteiger partial charge < -0.3 is 5.32 Å². The maximum atomic E-state index is 13.4. The summed E-state index contributed by atoms with van der Waals surface area (Å²) in [6, 6.07) is 13.8. The van der Waals surface area contributed by atoms with Crippen molar-refractivity contribution < 1.29 is 18.0 Å². The summed E-state index contributed by atoms with van der Waals surface area (Å²) in [7, 11) is -3.99. The van der Waals surface area contributed by atoms with E-state index in [1.807, 2.05) is 38.1 Å². The molecule has 4 rings (SSSR count). The molecule has 9 heteroatoms. The second-order valence-electron chi connectivity index (χ2n) is 8.89. The van der Waals surface area contributed by atoms with Crippen molar-refractivity contribution in [2.24, 2.45) is 4.40 Å². The number of anilines is 1. The van der Waals surface area contributed by atoms with E-state index in [2.05, 4.69) is 9.71 Å². The lowest BCUT2D eigenvalue weighted by Crippen LogP contribution is -2.42. The number of benzene rings is 2. The molecule has 2 aromatic rings. The van der Waals surface area contributed by atoms with Crippen molar-refractivity contribution in [2.75, 3.05) is 5.32 Å². The molecule has 0 unspecified atom stereocenters. The van der Waals surface area contributed by atoms with Crippen LogP contribution in [0.5, 0.6) is 0 Å². The van der Waals surface area contributed by atoms with Gasteiger partial charge in [0.15, 0.2) is 5.17 Å². The Morgan fingerprint density at radius 2 is 1.59 bits per heavy atom. The van der Waals surface area contributed by atoms with Crippen LogP contribution >= 0.6 is 11.8 Å². The minimum Gasteiger partial charge on any atom is -0.326 e.